The van der Waals surface area contributed by atoms with Gasteiger partial charge in [-0.1, -0.05) is 115 Å². The van der Waals surface area contributed by atoms with Gasteiger partial charge in [0.05, 0.1) is 16.9 Å². The molecule has 0 saturated heterocycles. The summed E-state index contributed by atoms with van der Waals surface area (Å²) in [5, 5.41) is 4.41. The lowest BCUT2D eigenvalue weighted by atomic mass is 10.0. The quantitative estimate of drug-likeness (QED) is 0.194. The predicted molar refractivity (Wildman–Crippen MR) is 197 cm³/mol. The van der Waals surface area contributed by atoms with Crippen molar-refractivity contribution in [3.05, 3.63) is 164 Å². The maximum Gasteiger partial charge on any atom is 0.195 e. The van der Waals surface area contributed by atoms with Gasteiger partial charge in [-0.2, -0.15) is 0 Å². The summed E-state index contributed by atoms with van der Waals surface area (Å²) >= 11 is 0. The molecule has 0 amide bonds. The Morgan fingerprint density at radius 2 is 0.959 bits per heavy atom. The van der Waals surface area contributed by atoms with E-state index >= 15 is 0 Å². The number of benzene rings is 7. The summed E-state index contributed by atoms with van der Waals surface area (Å²) < 4.78 is 15.6. The highest BCUT2D eigenvalue weighted by molar-refractivity contribution is 6.25. The summed E-state index contributed by atoms with van der Waals surface area (Å²) in [7, 11) is 0. The van der Waals surface area contributed by atoms with Gasteiger partial charge in [0.15, 0.2) is 28.8 Å². The van der Waals surface area contributed by atoms with Gasteiger partial charge in [-0.3, -0.25) is 0 Å². The number of nitrogens with zero attached hydrogens (tertiary/aromatic N) is 3. The van der Waals surface area contributed by atoms with Crippen molar-refractivity contribution in [3.8, 4) is 62.6 Å². The van der Waals surface area contributed by atoms with Crippen molar-refractivity contribution in [2.24, 2.45) is 0 Å². The highest BCUT2D eigenvalue weighted by atomic mass is 16.6. The first-order chi connectivity index (χ1) is 24.3. The lowest BCUT2D eigenvalue weighted by Crippen LogP contribution is -2.03. The van der Waals surface area contributed by atoms with Crippen molar-refractivity contribution in [1.82, 2.24) is 14.5 Å². The zero-order valence-electron chi connectivity index (χ0n) is 26.2. The minimum atomic E-state index is 0.672. The van der Waals surface area contributed by atoms with Gasteiger partial charge < -0.3 is 14.0 Å². The molecule has 9 aromatic rings. The molecule has 230 valence electrons. The molecule has 7 aromatic carbocycles. The Hall–Kier alpha value is -6.72. The van der Waals surface area contributed by atoms with Crippen LogP contribution in [-0.4, -0.2) is 14.5 Å². The third kappa shape index (κ3) is 4.40. The molecule has 0 fully saturated rings. The molecule has 0 atom stereocenters. The number of hydrogen-bond acceptors (Lipinski definition) is 4. The van der Waals surface area contributed by atoms with E-state index in [2.05, 4.69) is 102 Å². The highest BCUT2D eigenvalue weighted by Gasteiger charge is 2.29. The Morgan fingerprint density at radius 1 is 0.429 bits per heavy atom. The van der Waals surface area contributed by atoms with E-state index in [1.807, 2.05) is 66.7 Å². The van der Waals surface area contributed by atoms with Crippen molar-refractivity contribution in [1.29, 1.82) is 0 Å². The molecular formula is C44H27N3O2. The van der Waals surface area contributed by atoms with Crippen molar-refractivity contribution in [2.75, 3.05) is 0 Å². The second kappa shape index (κ2) is 10.9. The van der Waals surface area contributed by atoms with Crippen molar-refractivity contribution in [3.63, 3.8) is 0 Å². The average Bonchev–Trinajstić information content (AvgIpc) is 3.53. The summed E-state index contributed by atoms with van der Waals surface area (Å²) in [6.07, 6.45) is 0. The van der Waals surface area contributed by atoms with Crippen LogP contribution < -0.4 is 9.47 Å². The number of aromatic nitrogens is 3. The topological polar surface area (TPSA) is 49.2 Å². The van der Waals surface area contributed by atoms with E-state index in [4.69, 9.17) is 19.4 Å². The molecule has 3 heterocycles. The standard InChI is InChI=1S/C44H27N3O2/c1-3-13-28(14-4-1)35-27-36(29-15-5-2-6-16-29)46-44(45-35)30-23-25-31(26-24-30)47-37-20-10-9-19-34(37)40-32-17-7-8-18-33(32)42-43(41(40)47)49-39-22-12-11-21-38(39)48-42/h1-27H. The van der Waals surface area contributed by atoms with Gasteiger partial charge in [0.1, 0.15) is 5.52 Å². The smallest absolute Gasteiger partial charge is 0.195 e. The van der Waals surface area contributed by atoms with Crippen LogP contribution in [0.3, 0.4) is 0 Å². The minimum absolute atomic E-state index is 0.672. The van der Waals surface area contributed by atoms with Gasteiger partial charge in [-0.25, -0.2) is 9.97 Å². The van der Waals surface area contributed by atoms with Gasteiger partial charge in [0.2, 0.25) is 0 Å². The second-order valence-corrected chi connectivity index (χ2v) is 12.2. The van der Waals surface area contributed by atoms with Crippen molar-refractivity contribution in [2.45, 2.75) is 0 Å². The largest absolute Gasteiger partial charge is 0.449 e. The Kier molecular flexibility index (Phi) is 6.11. The monoisotopic (exact) mass is 629 g/mol. The van der Waals surface area contributed by atoms with Crippen LogP contribution in [0, 0.1) is 0 Å². The first kappa shape index (κ1) is 27.4. The molecular weight excluding hydrogens is 603 g/mol. The highest BCUT2D eigenvalue weighted by Crippen LogP contribution is 2.54. The summed E-state index contributed by atoms with van der Waals surface area (Å²) in [5.41, 5.74) is 7.83. The lowest BCUT2D eigenvalue weighted by molar-refractivity contribution is 0.366. The Bertz CT molecular complexity index is 2640. The van der Waals surface area contributed by atoms with Gasteiger partial charge in [-0.15, -0.1) is 0 Å². The molecule has 1 aliphatic rings. The molecule has 0 saturated carbocycles. The molecule has 0 unspecified atom stereocenters. The van der Waals surface area contributed by atoms with E-state index in [9.17, 15) is 0 Å². The maximum atomic E-state index is 6.73. The molecule has 5 heteroatoms. The van der Waals surface area contributed by atoms with E-state index in [-0.39, 0.29) is 0 Å². The maximum absolute atomic E-state index is 6.73. The van der Waals surface area contributed by atoms with E-state index < -0.39 is 0 Å². The SMILES string of the molecule is c1ccc(-c2cc(-c3ccccc3)nc(-c3ccc(-n4c5ccccc5c5c6ccccc6c6c(c54)Oc4ccccc4O6)cc3)n2)cc1. The Balaban J connectivity index is 1.18. The lowest BCUT2D eigenvalue weighted by Gasteiger charge is -2.24. The normalized spacial score (nSPS) is 12.0. The zero-order valence-corrected chi connectivity index (χ0v) is 26.2. The first-order valence-electron chi connectivity index (χ1n) is 16.3. The van der Waals surface area contributed by atoms with Crippen LogP contribution in [0.15, 0.2) is 164 Å². The Morgan fingerprint density at radius 3 is 1.61 bits per heavy atom. The number of rotatable bonds is 4. The third-order valence-electron chi connectivity index (χ3n) is 9.26. The molecule has 0 bridgehead atoms. The predicted octanol–water partition coefficient (Wildman–Crippen LogP) is 11.6. The van der Waals surface area contributed by atoms with Crippen molar-refractivity contribution < 1.29 is 9.47 Å². The fourth-order valence-corrected chi connectivity index (χ4v) is 7.01. The van der Waals surface area contributed by atoms with Crippen LogP contribution in [0.2, 0.25) is 0 Å². The molecule has 0 radical (unpaired) electrons. The molecule has 0 aliphatic carbocycles. The average molecular weight is 630 g/mol. The number of para-hydroxylation sites is 3. The van der Waals surface area contributed by atoms with E-state index in [0.717, 1.165) is 72.1 Å². The minimum Gasteiger partial charge on any atom is -0.449 e. The fraction of sp³-hybridized carbons (Fsp3) is 0. The van der Waals surface area contributed by atoms with Crippen molar-refractivity contribution >= 4 is 32.6 Å². The van der Waals surface area contributed by atoms with Gasteiger partial charge >= 0.3 is 0 Å². The molecule has 5 nitrogen and oxygen atoms in total. The molecule has 1 aliphatic heterocycles. The van der Waals surface area contributed by atoms with Gasteiger partial charge in [-0.05, 0) is 53.9 Å². The Labute approximate surface area is 282 Å². The van der Waals surface area contributed by atoms with Crippen LogP contribution in [0.25, 0.3) is 72.2 Å². The van der Waals surface area contributed by atoms with Crippen LogP contribution >= 0.6 is 0 Å². The van der Waals surface area contributed by atoms with E-state index in [0.29, 0.717) is 23.1 Å². The fourth-order valence-electron chi connectivity index (χ4n) is 7.01. The van der Waals surface area contributed by atoms with Crippen LogP contribution in [0.5, 0.6) is 23.0 Å². The second-order valence-electron chi connectivity index (χ2n) is 12.2. The van der Waals surface area contributed by atoms with E-state index in [1.54, 1.807) is 0 Å². The molecule has 10 rings (SSSR count). The zero-order chi connectivity index (χ0) is 32.3. The number of ether oxygens (including phenoxy) is 2. The number of fused-ring (bicyclic) bond motifs is 9. The van der Waals surface area contributed by atoms with Crippen LogP contribution in [-0.2, 0) is 0 Å². The molecule has 49 heavy (non-hydrogen) atoms. The summed E-state index contributed by atoms with van der Waals surface area (Å²) in [5.74, 6) is 3.51. The van der Waals surface area contributed by atoms with Gasteiger partial charge in [0, 0.05) is 38.5 Å². The summed E-state index contributed by atoms with van der Waals surface area (Å²) in [4.78, 5) is 10.1. The van der Waals surface area contributed by atoms with Crippen LogP contribution in [0.4, 0.5) is 0 Å². The first-order valence-corrected chi connectivity index (χ1v) is 16.3. The summed E-state index contributed by atoms with van der Waals surface area (Å²) in [6, 6.07) is 55.9. The van der Waals surface area contributed by atoms with E-state index in [1.165, 1.54) is 0 Å². The van der Waals surface area contributed by atoms with Crippen LogP contribution in [0.1, 0.15) is 0 Å². The molecule has 0 spiro atoms. The third-order valence-corrected chi connectivity index (χ3v) is 9.26. The summed E-state index contributed by atoms with van der Waals surface area (Å²) in [6.45, 7) is 0. The molecule has 2 aromatic heterocycles. The molecule has 0 N–H and O–H groups in total. The van der Waals surface area contributed by atoms with Gasteiger partial charge in [0.25, 0.3) is 0 Å². The number of hydrogen-bond donors (Lipinski definition) is 0.